The molecule has 0 radical (unpaired) electrons. The second-order valence-corrected chi connectivity index (χ2v) is 13.3. The van der Waals surface area contributed by atoms with Gasteiger partial charge in [-0.2, -0.15) is 26.3 Å². The van der Waals surface area contributed by atoms with E-state index in [1.54, 1.807) is 24.3 Å². The van der Waals surface area contributed by atoms with E-state index < -0.39 is 45.7 Å². The first-order valence-corrected chi connectivity index (χ1v) is 17.0. The molecule has 12 nitrogen and oxygen atoms in total. The Balaban J connectivity index is -0.000000708. The van der Waals surface area contributed by atoms with Crippen LogP contribution in [0.5, 0.6) is 0 Å². The monoisotopic (exact) mass is 802 g/mol. The smallest absolute Gasteiger partial charge is 0.744 e. The van der Waals surface area contributed by atoms with E-state index in [4.69, 9.17) is 0 Å². The number of alkyl halides is 6. The van der Waals surface area contributed by atoms with Crippen molar-refractivity contribution in [1.82, 2.24) is 20.4 Å². The first-order chi connectivity index (χ1) is 21.2. The summed E-state index contributed by atoms with van der Waals surface area (Å²) in [5.41, 5.74) is 1.86. The van der Waals surface area contributed by atoms with E-state index in [0.717, 1.165) is 11.1 Å². The number of hydrogen-bond acceptors (Lipinski definition) is 10. The first-order valence-electron chi connectivity index (χ1n) is 14.2. The van der Waals surface area contributed by atoms with E-state index >= 15 is 0 Å². The summed E-state index contributed by atoms with van der Waals surface area (Å²) < 4.78 is 137. The molecule has 0 spiro atoms. The zero-order chi connectivity index (χ0) is 35.0. The quantitative estimate of drug-likeness (QED) is 0.198. The Labute approximate surface area is 293 Å². The predicted molar refractivity (Wildman–Crippen MR) is 168 cm³/mol. The molecule has 0 aliphatic carbocycles. The molecule has 8 N–H and O–H groups in total. The molecule has 288 valence electrons. The van der Waals surface area contributed by atoms with Gasteiger partial charge in [-0.05, 0) is 77.1 Å². The van der Waals surface area contributed by atoms with E-state index in [1.165, 1.54) is 34.1 Å². The van der Waals surface area contributed by atoms with Crippen LogP contribution in [0.15, 0.2) is 58.3 Å². The molecule has 0 aromatic heterocycles. The van der Waals surface area contributed by atoms with Crippen molar-refractivity contribution in [2.24, 2.45) is 0 Å². The van der Waals surface area contributed by atoms with E-state index in [0.29, 0.717) is 52.1 Å². The van der Waals surface area contributed by atoms with Crippen LogP contribution in [0.25, 0.3) is 0 Å². The normalized spacial score (nSPS) is 16.0. The van der Waals surface area contributed by atoms with Crippen LogP contribution in [-0.2, 0) is 47.7 Å². The molecule has 2 aromatic rings. The first kappa shape index (κ1) is 51.5. The number of aryl methyl sites for hydroxylation is 2. The minimum absolute atomic E-state index is 0. The summed E-state index contributed by atoms with van der Waals surface area (Å²) in [6.45, 7) is 4.68. The average Bonchev–Trinajstić information content (AvgIpc) is 2.90. The van der Waals surface area contributed by atoms with E-state index in [2.05, 4.69) is 10.6 Å². The maximum atomic E-state index is 12.5. The van der Waals surface area contributed by atoms with Crippen molar-refractivity contribution >= 4 is 20.2 Å². The van der Waals surface area contributed by atoms with Crippen LogP contribution < -0.4 is 10.6 Å². The number of nitrogens with zero attached hydrogens (tertiary/aromatic N) is 2. The van der Waals surface area contributed by atoms with Gasteiger partial charge in [-0.1, -0.05) is 35.4 Å². The third-order valence-corrected chi connectivity index (χ3v) is 7.99. The van der Waals surface area contributed by atoms with Crippen LogP contribution >= 0.6 is 0 Å². The van der Waals surface area contributed by atoms with Gasteiger partial charge in [0, 0.05) is 26.2 Å². The van der Waals surface area contributed by atoms with Gasteiger partial charge >= 0.3 is 28.8 Å². The number of hydrogen-bond donors (Lipinski definition) is 2. The third kappa shape index (κ3) is 26.6. The molecular weight excluding hydrogens is 757 g/mol. The van der Waals surface area contributed by atoms with E-state index in [1.807, 2.05) is 13.8 Å². The Morgan fingerprint density at radius 1 is 0.592 bits per heavy atom. The Morgan fingerprint density at radius 2 is 0.878 bits per heavy atom. The van der Waals surface area contributed by atoms with Crippen molar-refractivity contribution in [2.75, 3.05) is 65.4 Å². The van der Waals surface area contributed by atoms with Gasteiger partial charge < -0.3 is 30.7 Å². The van der Waals surface area contributed by atoms with Crippen molar-refractivity contribution in [3.05, 3.63) is 59.7 Å². The van der Waals surface area contributed by atoms with Gasteiger partial charge in [-0.15, -0.1) is 0 Å². The molecule has 2 aromatic carbocycles. The third-order valence-electron chi connectivity index (χ3n) is 6.29. The summed E-state index contributed by atoms with van der Waals surface area (Å²) in [5.74, 6) is 0. The number of benzene rings is 2. The molecule has 0 saturated carbocycles. The molecule has 1 fully saturated rings. The van der Waals surface area contributed by atoms with Crippen LogP contribution in [0, 0.1) is 13.8 Å². The molecule has 0 amide bonds. The summed E-state index contributed by atoms with van der Waals surface area (Å²) in [5, 5.41) is 6.01. The molecule has 0 unspecified atom stereocenters. The summed E-state index contributed by atoms with van der Waals surface area (Å²) in [6, 6.07) is 11.6. The minimum Gasteiger partial charge on any atom is -0.744 e. The van der Waals surface area contributed by atoms with Crippen LogP contribution in [0.2, 0.25) is 0 Å². The van der Waals surface area contributed by atoms with Crippen LogP contribution in [0.3, 0.4) is 0 Å². The molecule has 1 heterocycles. The Hall–Kier alpha value is -1.91. The molecule has 21 heteroatoms. The standard InChI is InChI=1S/C14H26F6N4.2C7H8O3S.Ni.2H2O/c15-13(16,17)11-23-7-1-3-21-5-10-24(12-14(18,19)20)8-2-4-22-6-9-23;2*1-6-2-4-7(5-3-6)11(8,9)10;;;/h21-22H,1-12H2;2*2-5H,1H3,(H,8,9,10);;2*1H2/q;;;+2;;. The summed E-state index contributed by atoms with van der Waals surface area (Å²) in [7, 11) is -8.54. The fourth-order valence-electron chi connectivity index (χ4n) is 4.04. The number of rotatable bonds is 4. The summed E-state index contributed by atoms with van der Waals surface area (Å²) in [6.07, 6.45) is -7.40. The van der Waals surface area contributed by atoms with E-state index in [9.17, 15) is 52.3 Å². The fourth-order valence-corrected chi connectivity index (χ4v) is 4.98. The van der Waals surface area contributed by atoms with Crippen LogP contribution in [-0.4, -0.2) is 114 Å². The summed E-state index contributed by atoms with van der Waals surface area (Å²) >= 11 is 0. The zero-order valence-corrected chi connectivity index (χ0v) is 29.6. The second-order valence-electron chi connectivity index (χ2n) is 10.5. The van der Waals surface area contributed by atoms with Crippen molar-refractivity contribution in [3.8, 4) is 0 Å². The predicted octanol–water partition coefficient (Wildman–Crippen LogP) is 1.64. The largest absolute Gasteiger partial charge is 2.00 e. The van der Waals surface area contributed by atoms with Crippen molar-refractivity contribution in [1.29, 1.82) is 0 Å². The maximum Gasteiger partial charge on any atom is 2.00 e. The molecule has 49 heavy (non-hydrogen) atoms. The topological polar surface area (TPSA) is 211 Å². The minimum atomic E-state index is -4.27. The molecule has 1 saturated heterocycles. The Bertz CT molecular complexity index is 1250. The van der Waals surface area contributed by atoms with E-state index in [-0.39, 0.29) is 50.3 Å². The number of nitrogens with one attached hydrogen (secondary N) is 2. The fraction of sp³-hybridized carbons (Fsp3) is 0.571. The van der Waals surface area contributed by atoms with Crippen LogP contribution in [0.1, 0.15) is 24.0 Å². The van der Waals surface area contributed by atoms with Gasteiger partial charge in [-0.3, -0.25) is 9.80 Å². The SMILES string of the molecule is Cc1ccc(S(=O)(=O)[O-])cc1.Cc1ccc(S(=O)(=O)[O-])cc1.FC(F)(F)CN1CCCNCCN(CC(F)(F)F)CCCNCC1.[Ni+2].[OH3+].[OH3+]. The van der Waals surface area contributed by atoms with Crippen molar-refractivity contribution in [2.45, 2.75) is 48.8 Å². The van der Waals surface area contributed by atoms with Gasteiger partial charge in [0.05, 0.1) is 22.9 Å². The Morgan fingerprint density at radius 3 is 1.12 bits per heavy atom. The van der Waals surface area contributed by atoms with Crippen molar-refractivity contribution in [3.63, 3.8) is 0 Å². The van der Waals surface area contributed by atoms with Gasteiger partial charge in [0.15, 0.2) is 0 Å². The summed E-state index contributed by atoms with van der Waals surface area (Å²) in [4.78, 5) is 2.36. The molecular formula is C28H46F6N4NiO8S2+2. The van der Waals surface area contributed by atoms with Crippen LogP contribution in [0.4, 0.5) is 26.3 Å². The molecule has 3 rings (SSSR count). The average molecular weight is 804 g/mol. The van der Waals surface area contributed by atoms with Crippen molar-refractivity contribution < 1.29 is 79.7 Å². The molecule has 1 aliphatic heterocycles. The van der Waals surface area contributed by atoms with Gasteiger partial charge in [0.1, 0.15) is 20.2 Å². The Kier molecular flexibility index (Phi) is 25.5. The molecule has 0 bridgehead atoms. The van der Waals surface area contributed by atoms with Gasteiger partial charge in [0.2, 0.25) is 0 Å². The number of halogens is 6. The molecule has 0 atom stereocenters. The molecule has 1 aliphatic rings. The van der Waals surface area contributed by atoms with Gasteiger partial charge in [-0.25, -0.2) is 16.8 Å². The second kappa shape index (κ2) is 24.3. The van der Waals surface area contributed by atoms with Gasteiger partial charge in [0.25, 0.3) is 0 Å². The zero-order valence-electron chi connectivity index (χ0n) is 27.0. The maximum absolute atomic E-state index is 12.5.